The highest BCUT2D eigenvalue weighted by Crippen LogP contribution is 2.29. The zero-order valence-corrected chi connectivity index (χ0v) is 13.1. The molecule has 1 aromatic carbocycles. The molecule has 0 bridgehead atoms. The van der Waals surface area contributed by atoms with Crippen LogP contribution in [0.4, 0.5) is 10.1 Å². The van der Waals surface area contributed by atoms with Crippen LogP contribution in [0.1, 0.15) is 39.2 Å². The number of anilines is 1. The van der Waals surface area contributed by atoms with Gasteiger partial charge in [0.2, 0.25) is 0 Å². The van der Waals surface area contributed by atoms with Gasteiger partial charge >= 0.3 is 0 Å². The van der Waals surface area contributed by atoms with Gasteiger partial charge in [0.25, 0.3) is 0 Å². The van der Waals surface area contributed by atoms with Crippen molar-refractivity contribution >= 4 is 5.69 Å². The van der Waals surface area contributed by atoms with Crippen molar-refractivity contribution < 1.29 is 4.39 Å². The van der Waals surface area contributed by atoms with Crippen LogP contribution in [0.2, 0.25) is 0 Å². The summed E-state index contributed by atoms with van der Waals surface area (Å²) in [5.41, 5.74) is 1.73. The van der Waals surface area contributed by atoms with Gasteiger partial charge in [0, 0.05) is 24.3 Å². The number of nitrogens with one attached hydrogen (secondary N) is 1. The van der Waals surface area contributed by atoms with Crippen LogP contribution >= 0.6 is 0 Å². The van der Waals surface area contributed by atoms with E-state index in [0.29, 0.717) is 23.6 Å². The van der Waals surface area contributed by atoms with E-state index < -0.39 is 0 Å². The molecule has 0 saturated carbocycles. The van der Waals surface area contributed by atoms with E-state index in [4.69, 9.17) is 0 Å². The minimum atomic E-state index is -0.103. The van der Waals surface area contributed by atoms with E-state index in [9.17, 15) is 4.39 Å². The van der Waals surface area contributed by atoms with Crippen molar-refractivity contribution in [3.63, 3.8) is 0 Å². The first-order chi connectivity index (χ1) is 9.54. The molecule has 1 saturated heterocycles. The molecule has 112 valence electrons. The number of nitrogens with zero attached hydrogens (tertiary/aromatic N) is 1. The number of rotatable bonds is 4. The second-order valence-corrected chi connectivity index (χ2v) is 6.08. The molecule has 20 heavy (non-hydrogen) atoms. The summed E-state index contributed by atoms with van der Waals surface area (Å²) in [5, 5.41) is 3.64. The van der Waals surface area contributed by atoms with E-state index in [0.717, 1.165) is 25.2 Å². The lowest BCUT2D eigenvalue weighted by Crippen LogP contribution is -2.53. The van der Waals surface area contributed by atoms with Crippen molar-refractivity contribution in [2.75, 3.05) is 18.0 Å². The molecule has 1 aliphatic heterocycles. The minimum Gasteiger partial charge on any atom is -0.368 e. The number of halogens is 1. The van der Waals surface area contributed by atoms with Crippen LogP contribution < -0.4 is 10.2 Å². The summed E-state index contributed by atoms with van der Waals surface area (Å²) in [5.74, 6) is 0.466. The highest BCUT2D eigenvalue weighted by Gasteiger charge is 2.32. The van der Waals surface area contributed by atoms with Gasteiger partial charge in [0.15, 0.2) is 0 Å². The average Bonchev–Trinajstić information content (AvgIpc) is 2.44. The minimum absolute atomic E-state index is 0.103. The van der Waals surface area contributed by atoms with Gasteiger partial charge in [-0.2, -0.15) is 0 Å². The fourth-order valence-electron chi connectivity index (χ4n) is 3.11. The van der Waals surface area contributed by atoms with Gasteiger partial charge < -0.3 is 10.2 Å². The van der Waals surface area contributed by atoms with Crippen LogP contribution in [0.5, 0.6) is 0 Å². The molecule has 3 heteroatoms. The highest BCUT2D eigenvalue weighted by atomic mass is 19.1. The quantitative estimate of drug-likeness (QED) is 0.902. The Kier molecular flexibility index (Phi) is 5.03. The van der Waals surface area contributed by atoms with Gasteiger partial charge in [-0.3, -0.25) is 0 Å². The molecule has 0 amide bonds. The Bertz CT molecular complexity index is 447. The number of aryl methyl sites for hydroxylation is 1. The van der Waals surface area contributed by atoms with Crippen molar-refractivity contribution in [1.82, 2.24) is 5.32 Å². The first-order valence-electron chi connectivity index (χ1n) is 7.80. The van der Waals surface area contributed by atoms with E-state index in [1.165, 1.54) is 6.42 Å². The summed E-state index contributed by atoms with van der Waals surface area (Å²) in [6.45, 7) is 10.6. The maximum atomic E-state index is 13.8. The second kappa shape index (κ2) is 6.57. The number of piperidine rings is 1. The highest BCUT2D eigenvalue weighted by molar-refractivity contribution is 5.49. The van der Waals surface area contributed by atoms with Gasteiger partial charge in [-0.25, -0.2) is 4.39 Å². The summed E-state index contributed by atoms with van der Waals surface area (Å²) in [6.07, 6.45) is 2.30. The van der Waals surface area contributed by atoms with Crippen LogP contribution in [0, 0.1) is 18.7 Å². The largest absolute Gasteiger partial charge is 0.368 e. The van der Waals surface area contributed by atoms with Crippen molar-refractivity contribution in [3.05, 3.63) is 29.6 Å². The van der Waals surface area contributed by atoms with Crippen LogP contribution in [0.25, 0.3) is 0 Å². The summed E-state index contributed by atoms with van der Waals surface area (Å²) in [7, 11) is 0. The molecular formula is C17H27FN2. The zero-order valence-electron chi connectivity index (χ0n) is 13.1. The Labute approximate surface area is 122 Å². The zero-order chi connectivity index (χ0) is 14.7. The van der Waals surface area contributed by atoms with Crippen LogP contribution in [0.3, 0.4) is 0 Å². The topological polar surface area (TPSA) is 15.3 Å². The molecule has 1 aliphatic rings. The van der Waals surface area contributed by atoms with Gasteiger partial charge in [-0.05, 0) is 56.8 Å². The average molecular weight is 278 g/mol. The summed E-state index contributed by atoms with van der Waals surface area (Å²) in [4.78, 5) is 2.34. The third kappa shape index (κ3) is 3.14. The molecule has 1 aromatic rings. The Hall–Kier alpha value is -1.09. The first-order valence-corrected chi connectivity index (χ1v) is 7.80. The number of hydrogen-bond donors (Lipinski definition) is 1. The Morgan fingerprint density at radius 2 is 2.10 bits per heavy atom. The van der Waals surface area contributed by atoms with Gasteiger partial charge in [0.1, 0.15) is 5.82 Å². The molecule has 0 radical (unpaired) electrons. The SMILES string of the molecule is CCCNC1CCN(c2ccc(C)c(F)c2)C(C)C1C. The number of benzene rings is 1. The van der Waals surface area contributed by atoms with Crippen LogP contribution in [-0.4, -0.2) is 25.2 Å². The molecule has 0 aliphatic carbocycles. The fraction of sp³-hybridized carbons (Fsp3) is 0.647. The fourth-order valence-corrected chi connectivity index (χ4v) is 3.11. The summed E-state index contributed by atoms with van der Waals surface area (Å²) >= 11 is 0. The smallest absolute Gasteiger partial charge is 0.128 e. The third-order valence-corrected chi connectivity index (χ3v) is 4.71. The third-order valence-electron chi connectivity index (χ3n) is 4.71. The lowest BCUT2D eigenvalue weighted by Gasteiger charge is -2.44. The normalized spacial score (nSPS) is 26.9. The second-order valence-electron chi connectivity index (χ2n) is 6.08. The lowest BCUT2D eigenvalue weighted by molar-refractivity contribution is 0.271. The van der Waals surface area contributed by atoms with E-state index >= 15 is 0 Å². The standard InChI is InChI=1S/C17H27FN2/c1-5-9-19-17-8-10-20(14(4)13(17)3)15-7-6-12(2)16(18)11-15/h6-7,11,13-14,17,19H,5,8-10H2,1-4H3. The molecule has 1 fully saturated rings. The predicted molar refractivity (Wildman–Crippen MR) is 83.8 cm³/mol. The molecule has 0 aromatic heterocycles. The summed E-state index contributed by atoms with van der Waals surface area (Å²) < 4.78 is 13.8. The Morgan fingerprint density at radius 3 is 2.75 bits per heavy atom. The summed E-state index contributed by atoms with van der Waals surface area (Å²) in [6, 6.07) is 6.61. The maximum Gasteiger partial charge on any atom is 0.128 e. The molecule has 2 rings (SSSR count). The molecule has 1 heterocycles. The van der Waals surface area contributed by atoms with Crippen molar-refractivity contribution in [1.29, 1.82) is 0 Å². The van der Waals surface area contributed by atoms with Gasteiger partial charge in [-0.15, -0.1) is 0 Å². The Balaban J connectivity index is 2.09. The van der Waals surface area contributed by atoms with Crippen LogP contribution in [0.15, 0.2) is 18.2 Å². The van der Waals surface area contributed by atoms with E-state index in [1.54, 1.807) is 6.07 Å². The molecular weight excluding hydrogens is 251 g/mol. The van der Waals surface area contributed by atoms with Crippen molar-refractivity contribution in [2.24, 2.45) is 5.92 Å². The lowest BCUT2D eigenvalue weighted by atomic mass is 9.86. The van der Waals surface area contributed by atoms with E-state index in [1.807, 2.05) is 19.1 Å². The molecule has 3 atom stereocenters. The molecule has 0 spiro atoms. The monoisotopic (exact) mass is 278 g/mol. The first kappa shape index (κ1) is 15.3. The molecule has 2 nitrogen and oxygen atoms in total. The maximum absolute atomic E-state index is 13.8. The van der Waals surface area contributed by atoms with Crippen LogP contribution in [-0.2, 0) is 0 Å². The van der Waals surface area contributed by atoms with E-state index in [-0.39, 0.29) is 5.82 Å². The van der Waals surface area contributed by atoms with Gasteiger partial charge in [0.05, 0.1) is 0 Å². The molecule has 1 N–H and O–H groups in total. The Morgan fingerprint density at radius 1 is 1.35 bits per heavy atom. The predicted octanol–water partition coefficient (Wildman–Crippen LogP) is 3.74. The van der Waals surface area contributed by atoms with Crippen molar-refractivity contribution in [3.8, 4) is 0 Å². The van der Waals surface area contributed by atoms with Crippen molar-refractivity contribution in [2.45, 2.75) is 52.6 Å². The van der Waals surface area contributed by atoms with E-state index in [2.05, 4.69) is 31.0 Å². The number of hydrogen-bond acceptors (Lipinski definition) is 2. The van der Waals surface area contributed by atoms with Gasteiger partial charge in [-0.1, -0.05) is 19.9 Å². The molecule has 3 unspecified atom stereocenters.